The lowest BCUT2D eigenvalue weighted by molar-refractivity contribution is -0.149. The van der Waals surface area contributed by atoms with Crippen LogP contribution in [0, 0.1) is 5.41 Å². The Bertz CT molecular complexity index is 787. The molecule has 0 bridgehead atoms. The van der Waals surface area contributed by atoms with E-state index in [1.165, 1.54) is 11.1 Å². The van der Waals surface area contributed by atoms with Gasteiger partial charge in [-0.2, -0.15) is 0 Å². The molecule has 0 radical (unpaired) electrons. The van der Waals surface area contributed by atoms with E-state index >= 15 is 0 Å². The third kappa shape index (κ3) is 4.86. The summed E-state index contributed by atoms with van der Waals surface area (Å²) in [5, 5.41) is 0. The number of hydrogen-bond donors (Lipinski definition) is 0. The number of carbonyl (C=O) groups is 1. The van der Waals surface area contributed by atoms with Crippen LogP contribution in [0.2, 0.25) is 0 Å². The Morgan fingerprint density at radius 1 is 0.903 bits per heavy atom. The monoisotopic (exact) mass is 420 g/mol. The number of ether oxygens (including phenoxy) is 1. The van der Waals surface area contributed by atoms with Crippen LogP contribution in [0.1, 0.15) is 56.7 Å². The molecule has 0 amide bonds. The van der Waals surface area contributed by atoms with Crippen LogP contribution in [0.4, 0.5) is 0 Å². The molecule has 2 aromatic rings. The molecule has 0 aliphatic carbocycles. The smallest absolute Gasteiger partial charge is 0.312 e. The predicted octanol–water partition coefficient (Wildman–Crippen LogP) is 4.91. The number of carbonyl (C=O) groups excluding carboxylic acids is 1. The molecule has 2 aliphatic heterocycles. The van der Waals surface area contributed by atoms with Crippen LogP contribution in [-0.4, -0.2) is 54.6 Å². The van der Waals surface area contributed by atoms with Gasteiger partial charge in [0.1, 0.15) is 6.10 Å². The highest BCUT2D eigenvalue weighted by Crippen LogP contribution is 2.41. The molecule has 31 heavy (non-hydrogen) atoms. The van der Waals surface area contributed by atoms with E-state index in [2.05, 4.69) is 84.3 Å². The van der Waals surface area contributed by atoms with Crippen molar-refractivity contribution in [2.75, 3.05) is 32.7 Å². The van der Waals surface area contributed by atoms with Gasteiger partial charge in [-0.3, -0.25) is 9.69 Å². The Morgan fingerprint density at radius 2 is 1.45 bits per heavy atom. The van der Waals surface area contributed by atoms with Crippen LogP contribution in [0.25, 0.3) is 0 Å². The van der Waals surface area contributed by atoms with Crippen molar-refractivity contribution in [1.29, 1.82) is 0 Å². The molecule has 2 saturated heterocycles. The summed E-state index contributed by atoms with van der Waals surface area (Å²) in [6.45, 7) is 9.45. The molecule has 2 fully saturated rings. The molecular formula is C27H36N2O2. The number of rotatable bonds is 8. The largest absolute Gasteiger partial charge is 0.462 e. The molecule has 0 saturated carbocycles. The van der Waals surface area contributed by atoms with E-state index < -0.39 is 0 Å². The second-order valence-corrected chi connectivity index (χ2v) is 9.11. The summed E-state index contributed by atoms with van der Waals surface area (Å²) in [5.41, 5.74) is 2.48. The van der Waals surface area contributed by atoms with Gasteiger partial charge in [0.15, 0.2) is 0 Å². The van der Waals surface area contributed by atoms with Crippen LogP contribution < -0.4 is 0 Å². The lowest BCUT2D eigenvalue weighted by atomic mass is 9.79. The summed E-state index contributed by atoms with van der Waals surface area (Å²) < 4.78 is 5.75. The highest BCUT2D eigenvalue weighted by molar-refractivity contribution is 5.78. The molecule has 4 nitrogen and oxygen atoms in total. The van der Waals surface area contributed by atoms with Gasteiger partial charge in [-0.05, 0) is 30.4 Å². The fraction of sp³-hybridized carbons (Fsp3) is 0.519. The molecule has 0 aromatic heterocycles. The second-order valence-electron chi connectivity index (χ2n) is 9.11. The average molecular weight is 421 g/mol. The lowest BCUT2D eigenvalue weighted by Gasteiger charge is -2.40. The molecule has 2 aromatic carbocycles. The van der Waals surface area contributed by atoms with E-state index in [1.54, 1.807) is 0 Å². The van der Waals surface area contributed by atoms with Gasteiger partial charge in [-0.15, -0.1) is 0 Å². The summed E-state index contributed by atoms with van der Waals surface area (Å²) >= 11 is 0. The van der Waals surface area contributed by atoms with Gasteiger partial charge in [0.25, 0.3) is 0 Å². The molecule has 4 heteroatoms. The second kappa shape index (κ2) is 9.97. The average Bonchev–Trinajstić information content (AvgIpc) is 3.16. The van der Waals surface area contributed by atoms with E-state index in [9.17, 15) is 4.79 Å². The van der Waals surface area contributed by atoms with E-state index in [1.807, 2.05) is 0 Å². The van der Waals surface area contributed by atoms with Crippen molar-refractivity contribution < 1.29 is 9.53 Å². The molecule has 4 rings (SSSR count). The Balaban J connectivity index is 1.34. The van der Waals surface area contributed by atoms with E-state index in [-0.39, 0.29) is 17.5 Å². The Morgan fingerprint density at radius 3 is 1.94 bits per heavy atom. The summed E-state index contributed by atoms with van der Waals surface area (Å²) in [6.07, 6.45) is 3.71. The highest BCUT2D eigenvalue weighted by atomic mass is 16.6. The quantitative estimate of drug-likeness (QED) is 0.569. The first-order valence-electron chi connectivity index (χ1n) is 11.9. The zero-order chi connectivity index (χ0) is 21.7. The van der Waals surface area contributed by atoms with E-state index in [4.69, 9.17) is 4.74 Å². The van der Waals surface area contributed by atoms with Gasteiger partial charge in [-0.25, -0.2) is 0 Å². The highest BCUT2D eigenvalue weighted by Gasteiger charge is 2.46. The minimum absolute atomic E-state index is 0.0286. The van der Waals surface area contributed by atoms with Crippen molar-refractivity contribution in [3.8, 4) is 0 Å². The molecule has 166 valence electrons. The third-order valence-corrected chi connectivity index (χ3v) is 7.45. The first-order chi connectivity index (χ1) is 15.1. The maximum absolute atomic E-state index is 12.4. The molecule has 0 unspecified atom stereocenters. The molecule has 0 N–H and O–H groups in total. The first kappa shape index (κ1) is 22.0. The van der Waals surface area contributed by atoms with Crippen molar-refractivity contribution in [1.82, 2.24) is 9.80 Å². The number of piperazine rings is 1. The van der Waals surface area contributed by atoms with Gasteiger partial charge in [0.05, 0.1) is 11.5 Å². The van der Waals surface area contributed by atoms with Crippen LogP contribution in [-0.2, 0) is 9.53 Å². The van der Waals surface area contributed by atoms with Crippen molar-refractivity contribution in [2.24, 2.45) is 5.41 Å². The first-order valence-corrected chi connectivity index (χ1v) is 11.9. The maximum atomic E-state index is 12.4. The van der Waals surface area contributed by atoms with Gasteiger partial charge in [0, 0.05) is 39.1 Å². The van der Waals surface area contributed by atoms with Crippen molar-refractivity contribution >= 4 is 5.97 Å². The normalized spacial score (nSPS) is 22.0. The predicted molar refractivity (Wildman–Crippen MR) is 125 cm³/mol. The molecule has 2 aliphatic rings. The van der Waals surface area contributed by atoms with Crippen molar-refractivity contribution in [3.05, 3.63) is 71.8 Å². The molecule has 2 heterocycles. The molecular weight excluding hydrogens is 384 g/mol. The minimum Gasteiger partial charge on any atom is -0.462 e. The topological polar surface area (TPSA) is 32.8 Å². The van der Waals surface area contributed by atoms with Gasteiger partial charge < -0.3 is 9.64 Å². The van der Waals surface area contributed by atoms with Crippen molar-refractivity contribution in [2.45, 2.75) is 51.7 Å². The van der Waals surface area contributed by atoms with Gasteiger partial charge in [0.2, 0.25) is 0 Å². The SMILES string of the molecule is CCC1(CC)C[C@H](CCN2CCN(C(c3ccccc3)c3ccccc3)CC2)OC1=O. The Kier molecular flexibility index (Phi) is 7.09. The fourth-order valence-corrected chi connectivity index (χ4v) is 5.28. The summed E-state index contributed by atoms with van der Waals surface area (Å²) in [5.74, 6) is 0.0286. The number of nitrogens with zero attached hydrogens (tertiary/aromatic N) is 2. The summed E-state index contributed by atoms with van der Waals surface area (Å²) in [4.78, 5) is 17.5. The van der Waals surface area contributed by atoms with E-state index in [0.717, 1.165) is 58.4 Å². The van der Waals surface area contributed by atoms with Crippen LogP contribution in [0.3, 0.4) is 0 Å². The molecule has 0 spiro atoms. The van der Waals surface area contributed by atoms with Gasteiger partial charge >= 0.3 is 5.97 Å². The maximum Gasteiger partial charge on any atom is 0.312 e. The Hall–Kier alpha value is -2.17. The minimum atomic E-state index is -0.234. The van der Waals surface area contributed by atoms with Crippen LogP contribution in [0.15, 0.2) is 60.7 Å². The lowest BCUT2D eigenvalue weighted by Crippen LogP contribution is -2.48. The zero-order valence-corrected chi connectivity index (χ0v) is 19.0. The zero-order valence-electron chi connectivity index (χ0n) is 19.0. The Labute approximate surface area is 187 Å². The van der Waals surface area contributed by atoms with Crippen LogP contribution in [0.5, 0.6) is 0 Å². The number of esters is 1. The molecule has 1 atom stereocenters. The summed E-state index contributed by atoms with van der Waals surface area (Å²) in [7, 11) is 0. The number of cyclic esters (lactones) is 1. The van der Waals surface area contributed by atoms with Crippen molar-refractivity contribution in [3.63, 3.8) is 0 Å². The fourth-order valence-electron chi connectivity index (χ4n) is 5.28. The van der Waals surface area contributed by atoms with E-state index in [0.29, 0.717) is 6.04 Å². The number of hydrogen-bond acceptors (Lipinski definition) is 4. The van der Waals surface area contributed by atoms with Crippen LogP contribution >= 0.6 is 0 Å². The standard InChI is InChI=1S/C27H36N2O2/c1-3-27(4-2)21-24(31-26(27)30)15-16-28-17-19-29(20-18-28)25(22-11-7-5-8-12-22)23-13-9-6-10-14-23/h5-14,24-25H,3-4,15-21H2,1-2H3/t24-/m0/s1. The third-order valence-electron chi connectivity index (χ3n) is 7.45. The number of benzene rings is 2. The summed E-state index contributed by atoms with van der Waals surface area (Å²) in [6, 6.07) is 22.0. The van der Waals surface area contributed by atoms with Gasteiger partial charge in [-0.1, -0.05) is 74.5 Å².